The van der Waals surface area contributed by atoms with E-state index >= 15 is 0 Å². The van der Waals surface area contributed by atoms with Crippen molar-refractivity contribution in [3.8, 4) is 11.3 Å². The minimum atomic E-state index is -1.86. The Morgan fingerprint density at radius 1 is 1.00 bits per heavy atom. The minimum absolute atomic E-state index is 0.245. The Hall–Kier alpha value is 1.45. The van der Waals surface area contributed by atoms with Crippen LogP contribution in [-0.2, 0) is 0 Å². The monoisotopic (exact) mass is 414 g/mol. The molecule has 1 aliphatic heterocycles. The molecule has 0 saturated heterocycles. The fraction of sp³-hybridized carbons (Fsp3) is 0.778. The molecule has 0 N–H and O–H groups in total. The average molecular weight is 414 g/mol. The molecule has 2 atom stereocenters. The molecular weight excluding hydrogens is 371 g/mol. The van der Waals surface area contributed by atoms with Crippen molar-refractivity contribution in [2.75, 3.05) is 66.6 Å². The van der Waals surface area contributed by atoms with Crippen LogP contribution in [0.3, 0.4) is 0 Å². The summed E-state index contributed by atoms with van der Waals surface area (Å²) in [6.07, 6.45) is -1.86. The van der Waals surface area contributed by atoms with Gasteiger partial charge in [0.05, 0.1) is 0 Å². The molecule has 0 radical (unpaired) electrons. The van der Waals surface area contributed by atoms with Crippen molar-refractivity contribution in [3.05, 3.63) is 11.6 Å². The van der Waals surface area contributed by atoms with E-state index in [0.717, 1.165) is 11.3 Å². The zero-order valence-corrected chi connectivity index (χ0v) is 22.5. The van der Waals surface area contributed by atoms with Crippen LogP contribution in [0.1, 0.15) is 13.8 Å². The van der Waals surface area contributed by atoms with E-state index < -0.39 is 27.1 Å². The summed E-state index contributed by atoms with van der Waals surface area (Å²) in [5.74, 6) is 5.97. The van der Waals surface area contributed by atoms with Crippen molar-refractivity contribution < 1.29 is 0 Å². The van der Waals surface area contributed by atoms with Gasteiger partial charge in [0.2, 0.25) is 0 Å². The van der Waals surface area contributed by atoms with Crippen LogP contribution in [0.4, 0.5) is 0 Å². The Kier molecular flexibility index (Phi) is 6.41. The number of rotatable bonds is 1. The Bertz CT molecular complexity index is 549. The van der Waals surface area contributed by atoms with Gasteiger partial charge in [0, 0.05) is 0 Å². The molecule has 1 rings (SSSR count). The van der Waals surface area contributed by atoms with Crippen LogP contribution in [-0.4, -0.2) is 72.0 Å². The Morgan fingerprint density at radius 2 is 1.48 bits per heavy atom. The van der Waals surface area contributed by atoms with Crippen LogP contribution in [0, 0.1) is 17.2 Å². The molecule has 0 spiro atoms. The second-order valence-electron chi connectivity index (χ2n) is 10.8. The van der Waals surface area contributed by atoms with Gasteiger partial charge in [-0.25, -0.2) is 0 Å². The molecule has 0 aromatic heterocycles. The molecular formula is C18H43P5. The molecule has 0 aliphatic carbocycles. The zero-order valence-electron chi connectivity index (χ0n) is 17.7. The van der Waals surface area contributed by atoms with Crippen LogP contribution in [0.25, 0.3) is 0 Å². The van der Waals surface area contributed by atoms with Gasteiger partial charge in [-0.15, -0.1) is 0 Å². The van der Waals surface area contributed by atoms with Gasteiger partial charge < -0.3 is 0 Å². The molecule has 5 heteroatoms. The molecule has 0 amide bonds. The van der Waals surface area contributed by atoms with Gasteiger partial charge in [-0.05, 0) is 0 Å². The maximum absolute atomic E-state index is 3.92. The summed E-state index contributed by atoms with van der Waals surface area (Å²) in [6, 6.07) is 0. The van der Waals surface area contributed by atoms with Crippen LogP contribution < -0.4 is 0 Å². The first-order valence-electron chi connectivity index (χ1n) is 8.90. The van der Waals surface area contributed by atoms with Gasteiger partial charge in [0.25, 0.3) is 0 Å². The SMILES string of the molecule is CC(C)C1[PH](C)(C)[PH](C)(C)/C=C\P(C)C#C[PH](C)(C)P1(C)(C)C. The third-order valence-corrected chi connectivity index (χ3v) is 53.3. The van der Waals surface area contributed by atoms with Gasteiger partial charge in [0.1, 0.15) is 0 Å². The van der Waals surface area contributed by atoms with E-state index in [1.54, 1.807) is 0 Å². The van der Waals surface area contributed by atoms with E-state index in [1.165, 1.54) is 0 Å². The van der Waals surface area contributed by atoms with Gasteiger partial charge in [0.15, 0.2) is 0 Å². The van der Waals surface area contributed by atoms with E-state index in [9.17, 15) is 0 Å². The third-order valence-electron chi connectivity index (χ3n) is 7.26. The van der Waals surface area contributed by atoms with Gasteiger partial charge in [-0.2, -0.15) is 0 Å². The quantitative estimate of drug-likeness (QED) is 0.328. The standard InChI is InChI=1S/C18H43P5/c1-17(2)18-22(8,9)20(4,5)15-13-19(3)14-16-21(6,7)23(18,10,11)12/h13,15,17-18,20-22H,1-12H3/b15-13-. The van der Waals surface area contributed by atoms with E-state index in [4.69, 9.17) is 0 Å². The van der Waals surface area contributed by atoms with Crippen molar-refractivity contribution in [1.29, 1.82) is 0 Å². The molecule has 2 unspecified atom stereocenters. The predicted octanol–water partition coefficient (Wildman–Crippen LogP) is 6.78. The summed E-state index contributed by atoms with van der Waals surface area (Å²) < 4.78 is 0. The van der Waals surface area contributed by atoms with Crippen LogP contribution in [0.15, 0.2) is 11.6 Å². The van der Waals surface area contributed by atoms with E-state index in [0.29, 0.717) is 0 Å². The molecule has 0 aromatic carbocycles. The maximum atomic E-state index is 3.92. The molecule has 0 aromatic rings. The molecule has 1 aliphatic rings. The van der Waals surface area contributed by atoms with Crippen LogP contribution in [0.2, 0.25) is 0 Å². The molecule has 23 heavy (non-hydrogen) atoms. The molecule has 1 heterocycles. The van der Waals surface area contributed by atoms with E-state index in [2.05, 4.69) is 103 Å². The first kappa shape index (κ1) is 22.5. The molecule has 0 saturated carbocycles. The summed E-state index contributed by atoms with van der Waals surface area (Å²) in [6.45, 7) is 27.0. The van der Waals surface area contributed by atoms with E-state index in [-0.39, 0.29) is 7.92 Å². The fourth-order valence-corrected chi connectivity index (χ4v) is 48.0. The summed E-state index contributed by atoms with van der Waals surface area (Å²) in [5, 5.41) is 0.928. The summed E-state index contributed by atoms with van der Waals surface area (Å²) >= 11 is 0. The summed E-state index contributed by atoms with van der Waals surface area (Å²) in [4.78, 5) is 0. The summed E-state index contributed by atoms with van der Waals surface area (Å²) in [7, 11) is -0.245. The Morgan fingerprint density at radius 3 is 1.91 bits per heavy atom. The van der Waals surface area contributed by atoms with E-state index in [1.807, 2.05) is 0 Å². The molecule has 140 valence electrons. The van der Waals surface area contributed by atoms with Crippen molar-refractivity contribution in [2.45, 2.75) is 19.2 Å². The summed E-state index contributed by atoms with van der Waals surface area (Å²) in [5.41, 5.74) is 7.63. The van der Waals surface area contributed by atoms with Crippen molar-refractivity contribution in [1.82, 2.24) is 0 Å². The second kappa shape index (κ2) is 6.56. The van der Waals surface area contributed by atoms with Crippen molar-refractivity contribution in [2.24, 2.45) is 5.92 Å². The third kappa shape index (κ3) is 3.92. The Labute approximate surface area is 149 Å². The Balaban J connectivity index is 3.84. The van der Waals surface area contributed by atoms with Gasteiger partial charge >= 0.3 is 150 Å². The van der Waals surface area contributed by atoms with Crippen molar-refractivity contribution >= 4 is 35.1 Å². The molecule has 0 nitrogen and oxygen atoms in total. The first-order valence-corrected chi connectivity index (χ1v) is 25.4. The predicted molar refractivity (Wildman–Crippen MR) is 134 cm³/mol. The fourth-order valence-electron chi connectivity index (χ4n) is 4.71. The average Bonchev–Trinajstić information content (AvgIpc) is 2.30. The number of hydrogen-bond donors (Lipinski definition) is 0. The first-order chi connectivity index (χ1) is 9.95. The van der Waals surface area contributed by atoms with Gasteiger partial charge in [-0.3, -0.25) is 0 Å². The molecule has 0 bridgehead atoms. The van der Waals surface area contributed by atoms with Crippen molar-refractivity contribution in [3.63, 3.8) is 0 Å². The van der Waals surface area contributed by atoms with Crippen LogP contribution >= 0.6 is 35.1 Å². The second-order valence-corrected chi connectivity index (χ2v) is 46.5. The molecule has 0 fully saturated rings. The normalized spacial score (nSPS) is 41.0. The topological polar surface area (TPSA) is 0 Å². The van der Waals surface area contributed by atoms with Crippen LogP contribution in [0.5, 0.6) is 0 Å². The van der Waals surface area contributed by atoms with Gasteiger partial charge in [-0.1, -0.05) is 0 Å². The zero-order chi connectivity index (χ0) is 18.5. The number of hydrogen-bond acceptors (Lipinski definition) is 0.